The second kappa shape index (κ2) is 7.48. The molecule has 0 radical (unpaired) electrons. The van der Waals surface area contributed by atoms with Gasteiger partial charge in [-0.15, -0.1) is 0 Å². The van der Waals surface area contributed by atoms with Crippen LogP contribution in [0.4, 0.5) is 5.69 Å². The molecule has 0 aromatic heterocycles. The van der Waals surface area contributed by atoms with Crippen molar-refractivity contribution in [2.45, 2.75) is 38.0 Å². The summed E-state index contributed by atoms with van der Waals surface area (Å²) in [5, 5.41) is 3.55. The summed E-state index contributed by atoms with van der Waals surface area (Å²) in [7, 11) is 0. The topological polar surface area (TPSA) is 41.3 Å². The van der Waals surface area contributed by atoms with Crippen LogP contribution >= 0.6 is 0 Å². The van der Waals surface area contributed by atoms with Gasteiger partial charge in [0.05, 0.1) is 0 Å². The Bertz CT molecular complexity index is 887. The summed E-state index contributed by atoms with van der Waals surface area (Å²) < 4.78 is 0. The van der Waals surface area contributed by atoms with Gasteiger partial charge in [-0.05, 0) is 75.0 Å². The fourth-order valence-corrected chi connectivity index (χ4v) is 4.73. The van der Waals surface area contributed by atoms with E-state index in [4.69, 9.17) is 5.73 Å². The van der Waals surface area contributed by atoms with Crippen LogP contribution in [0.5, 0.6) is 0 Å². The molecule has 2 aromatic carbocycles. The molecule has 0 aliphatic carbocycles. The predicted molar refractivity (Wildman–Crippen MR) is 119 cm³/mol. The second-order valence-corrected chi connectivity index (χ2v) is 8.40. The van der Waals surface area contributed by atoms with E-state index in [9.17, 15) is 0 Å². The van der Waals surface area contributed by atoms with Gasteiger partial charge in [-0.2, -0.15) is 0 Å². The van der Waals surface area contributed by atoms with E-state index in [1.54, 1.807) is 0 Å². The smallest absolute Gasteiger partial charge is 0.0424 e. The summed E-state index contributed by atoms with van der Waals surface area (Å²) in [6, 6.07) is 15.2. The minimum atomic E-state index is 0.123. The lowest BCUT2D eigenvalue weighted by molar-refractivity contribution is 0.179. The van der Waals surface area contributed by atoms with E-state index in [1.807, 2.05) is 0 Å². The first kappa shape index (κ1) is 18.8. The molecule has 1 fully saturated rings. The van der Waals surface area contributed by atoms with Crippen LogP contribution in [-0.4, -0.2) is 24.5 Å². The summed E-state index contributed by atoms with van der Waals surface area (Å²) in [6.45, 7) is 13.8. The van der Waals surface area contributed by atoms with Crippen LogP contribution in [0.1, 0.15) is 41.5 Å². The van der Waals surface area contributed by atoms with Gasteiger partial charge in [0.1, 0.15) is 0 Å². The van der Waals surface area contributed by atoms with E-state index >= 15 is 0 Å². The van der Waals surface area contributed by atoms with Crippen molar-refractivity contribution in [2.24, 2.45) is 5.73 Å². The molecule has 1 saturated heterocycles. The molecule has 3 nitrogen and oxygen atoms in total. The molecule has 0 bridgehead atoms. The van der Waals surface area contributed by atoms with Gasteiger partial charge in [-0.3, -0.25) is 0 Å². The van der Waals surface area contributed by atoms with Gasteiger partial charge in [0.25, 0.3) is 0 Å². The summed E-state index contributed by atoms with van der Waals surface area (Å²) in [4.78, 5) is 2.61. The Balaban J connectivity index is 1.32. The van der Waals surface area contributed by atoms with Crippen molar-refractivity contribution in [3.8, 4) is 0 Å². The first-order valence-electron chi connectivity index (χ1n) is 10.3. The zero-order chi connectivity index (χ0) is 19.7. The lowest BCUT2D eigenvalue weighted by Gasteiger charge is -2.40. The van der Waals surface area contributed by atoms with E-state index < -0.39 is 0 Å². The molecule has 3 heteroatoms. The van der Waals surface area contributed by atoms with E-state index in [2.05, 4.69) is 72.8 Å². The maximum absolute atomic E-state index is 5.75. The quantitative estimate of drug-likeness (QED) is 0.789. The fraction of sp³-hybridized carbons (Fsp3) is 0.360. The highest BCUT2D eigenvalue weighted by molar-refractivity contribution is 5.69. The average molecular weight is 374 g/mol. The summed E-state index contributed by atoms with van der Waals surface area (Å²) in [5.41, 5.74) is 14.1. The zero-order valence-electron chi connectivity index (χ0n) is 16.9. The Morgan fingerprint density at radius 3 is 2.54 bits per heavy atom. The van der Waals surface area contributed by atoms with Gasteiger partial charge >= 0.3 is 0 Å². The molecule has 0 saturated carbocycles. The lowest BCUT2D eigenvalue weighted by atomic mass is 9.72. The first-order valence-corrected chi connectivity index (χ1v) is 10.3. The number of benzene rings is 2. The van der Waals surface area contributed by atoms with Gasteiger partial charge < -0.3 is 16.0 Å². The van der Waals surface area contributed by atoms with Crippen molar-refractivity contribution in [3.05, 3.63) is 83.6 Å². The van der Waals surface area contributed by atoms with E-state index in [0.29, 0.717) is 5.70 Å². The Hall–Kier alpha value is -2.52. The van der Waals surface area contributed by atoms with Crippen molar-refractivity contribution in [3.63, 3.8) is 0 Å². The minimum absolute atomic E-state index is 0.123. The molecule has 0 unspecified atom stereocenters. The molecule has 2 heterocycles. The van der Waals surface area contributed by atoms with Crippen LogP contribution in [0.2, 0.25) is 0 Å². The van der Waals surface area contributed by atoms with E-state index in [-0.39, 0.29) is 5.41 Å². The predicted octanol–water partition coefficient (Wildman–Crippen LogP) is 4.83. The Morgan fingerprint density at radius 2 is 1.86 bits per heavy atom. The molecular weight excluding hydrogens is 342 g/mol. The van der Waals surface area contributed by atoms with Crippen molar-refractivity contribution in [2.75, 3.05) is 25.0 Å². The first-order chi connectivity index (χ1) is 13.5. The van der Waals surface area contributed by atoms with Crippen LogP contribution < -0.4 is 11.1 Å². The third-order valence-electron chi connectivity index (χ3n) is 6.53. The standard InChI is InChI=1S/C25H31N3/c1-18-6-11-24-23(17-18)25(20(3)27-24)12-15-28(16-13-25)14-4-5-21-7-9-22(10-8-21)19(2)26/h6-11,17,27H,2-5,12-16,26H2,1H3. The maximum atomic E-state index is 5.75. The maximum Gasteiger partial charge on any atom is 0.0424 e. The van der Waals surface area contributed by atoms with Gasteiger partial charge in [0.2, 0.25) is 0 Å². The summed E-state index contributed by atoms with van der Waals surface area (Å²) in [5.74, 6) is 0. The average Bonchev–Trinajstić information content (AvgIpc) is 2.95. The van der Waals surface area contributed by atoms with Crippen LogP contribution in [0.3, 0.4) is 0 Å². The molecule has 0 amide bonds. The number of piperidine rings is 1. The van der Waals surface area contributed by atoms with E-state index in [0.717, 1.165) is 44.5 Å². The number of fused-ring (bicyclic) bond motifs is 2. The molecule has 0 atom stereocenters. The molecule has 1 spiro atoms. The van der Waals surface area contributed by atoms with Crippen LogP contribution in [0.15, 0.2) is 61.3 Å². The number of nitrogens with two attached hydrogens (primary N) is 1. The normalized spacial score (nSPS) is 18.1. The number of allylic oxidation sites excluding steroid dienone is 1. The molecule has 28 heavy (non-hydrogen) atoms. The Morgan fingerprint density at radius 1 is 1.14 bits per heavy atom. The molecule has 2 aliphatic rings. The van der Waals surface area contributed by atoms with Gasteiger partial charge in [-0.1, -0.05) is 55.1 Å². The lowest BCUT2D eigenvalue weighted by Crippen LogP contribution is -2.43. The molecule has 3 N–H and O–H groups in total. The Kier molecular flexibility index (Phi) is 5.03. The number of anilines is 1. The highest BCUT2D eigenvalue weighted by atomic mass is 15.1. The molecule has 4 rings (SSSR count). The number of rotatable bonds is 5. The largest absolute Gasteiger partial charge is 0.399 e. The number of hydrogen-bond donors (Lipinski definition) is 2. The van der Waals surface area contributed by atoms with Crippen molar-refractivity contribution < 1.29 is 0 Å². The molecular formula is C25H31N3. The minimum Gasteiger partial charge on any atom is -0.399 e. The van der Waals surface area contributed by atoms with Crippen molar-refractivity contribution in [1.82, 2.24) is 4.90 Å². The van der Waals surface area contributed by atoms with Crippen LogP contribution in [0, 0.1) is 6.92 Å². The van der Waals surface area contributed by atoms with E-state index in [1.165, 1.54) is 34.5 Å². The second-order valence-electron chi connectivity index (χ2n) is 8.40. The zero-order valence-corrected chi connectivity index (χ0v) is 16.9. The Labute approximate surface area is 168 Å². The van der Waals surface area contributed by atoms with Gasteiger partial charge in [0, 0.05) is 22.5 Å². The summed E-state index contributed by atoms with van der Waals surface area (Å²) >= 11 is 0. The number of likely N-dealkylation sites (tertiary alicyclic amines) is 1. The van der Waals surface area contributed by atoms with Crippen LogP contribution in [-0.2, 0) is 11.8 Å². The number of nitrogens with zero attached hydrogens (tertiary/aromatic N) is 1. The van der Waals surface area contributed by atoms with Crippen molar-refractivity contribution in [1.29, 1.82) is 0 Å². The molecule has 2 aliphatic heterocycles. The van der Waals surface area contributed by atoms with Gasteiger partial charge in [0.15, 0.2) is 0 Å². The highest BCUT2D eigenvalue weighted by Crippen LogP contribution is 2.49. The van der Waals surface area contributed by atoms with Gasteiger partial charge in [-0.25, -0.2) is 0 Å². The number of aryl methyl sites for hydroxylation is 2. The molecule has 2 aromatic rings. The highest BCUT2D eigenvalue weighted by Gasteiger charge is 2.44. The third kappa shape index (κ3) is 3.47. The number of hydrogen-bond acceptors (Lipinski definition) is 3. The third-order valence-corrected chi connectivity index (χ3v) is 6.53. The van der Waals surface area contributed by atoms with Crippen LogP contribution in [0.25, 0.3) is 5.70 Å². The SMILES string of the molecule is C=C(N)c1ccc(CCCN2CCC3(CC2)C(=C)Nc2ccc(C)cc23)cc1. The fourth-order valence-electron chi connectivity index (χ4n) is 4.73. The summed E-state index contributed by atoms with van der Waals surface area (Å²) in [6.07, 6.45) is 4.60. The molecule has 146 valence electrons. The number of nitrogens with one attached hydrogen (secondary N) is 1. The monoisotopic (exact) mass is 373 g/mol. The van der Waals surface area contributed by atoms with Crippen molar-refractivity contribution >= 4 is 11.4 Å².